The Kier molecular flexibility index (Phi) is 2.25. The van der Waals surface area contributed by atoms with E-state index in [2.05, 4.69) is 25.9 Å². The quantitative estimate of drug-likeness (QED) is 0.842. The highest BCUT2D eigenvalue weighted by molar-refractivity contribution is 9.10. The van der Waals surface area contributed by atoms with Gasteiger partial charge in [-0.25, -0.2) is 4.68 Å². The lowest BCUT2D eigenvalue weighted by Crippen LogP contribution is -2.48. The number of fused-ring (bicyclic) bond motifs is 3. The molecule has 3 fully saturated rings. The Morgan fingerprint density at radius 1 is 1.40 bits per heavy atom. The summed E-state index contributed by atoms with van der Waals surface area (Å²) >= 11 is 3.41. The zero-order valence-corrected chi connectivity index (χ0v) is 10.2. The van der Waals surface area contributed by atoms with Crippen molar-refractivity contribution in [1.82, 2.24) is 14.7 Å². The number of nitrogen functional groups attached to an aromatic ring is 1. The number of hydrogen-bond acceptors (Lipinski definition) is 3. The van der Waals surface area contributed by atoms with E-state index in [1.165, 1.54) is 25.9 Å². The standard InChI is InChI=1S/C10H15BrN4/c11-8-5-13-15(10(8)12)9-6-14-3-1-7(9)2-4-14/h5,7,9H,1-4,6,12H2. The molecule has 5 heteroatoms. The zero-order valence-electron chi connectivity index (χ0n) is 8.56. The van der Waals surface area contributed by atoms with Crippen molar-refractivity contribution in [3.63, 3.8) is 0 Å². The third kappa shape index (κ3) is 1.49. The van der Waals surface area contributed by atoms with Gasteiger partial charge in [0.1, 0.15) is 5.82 Å². The van der Waals surface area contributed by atoms with Crippen LogP contribution in [0.5, 0.6) is 0 Å². The average Bonchev–Trinajstić information content (AvgIpc) is 2.61. The summed E-state index contributed by atoms with van der Waals surface area (Å²) in [6.07, 6.45) is 4.39. The van der Waals surface area contributed by atoms with Crippen LogP contribution in [0.1, 0.15) is 18.9 Å². The van der Waals surface area contributed by atoms with Crippen LogP contribution in [0.15, 0.2) is 10.7 Å². The molecule has 0 spiro atoms. The summed E-state index contributed by atoms with van der Waals surface area (Å²) in [5.74, 6) is 1.54. The van der Waals surface area contributed by atoms with Crippen LogP contribution in [0, 0.1) is 5.92 Å². The van der Waals surface area contributed by atoms with E-state index in [1.54, 1.807) is 6.20 Å². The van der Waals surface area contributed by atoms with Crippen molar-refractivity contribution < 1.29 is 0 Å². The lowest BCUT2D eigenvalue weighted by Gasteiger charge is -2.44. The van der Waals surface area contributed by atoms with Crippen molar-refractivity contribution in [3.05, 3.63) is 10.7 Å². The highest BCUT2D eigenvalue weighted by atomic mass is 79.9. The van der Waals surface area contributed by atoms with Crippen LogP contribution in [0.2, 0.25) is 0 Å². The van der Waals surface area contributed by atoms with Crippen LogP contribution in [0.4, 0.5) is 5.82 Å². The van der Waals surface area contributed by atoms with Crippen LogP contribution in [-0.4, -0.2) is 34.3 Å². The molecule has 1 atom stereocenters. The molecule has 3 saturated heterocycles. The summed E-state index contributed by atoms with van der Waals surface area (Å²) in [4.78, 5) is 2.51. The monoisotopic (exact) mass is 270 g/mol. The molecule has 4 rings (SSSR count). The van der Waals surface area contributed by atoms with Gasteiger partial charge < -0.3 is 10.6 Å². The van der Waals surface area contributed by atoms with Gasteiger partial charge in [0.25, 0.3) is 0 Å². The first-order valence-electron chi connectivity index (χ1n) is 5.46. The number of nitrogens with two attached hydrogens (primary N) is 1. The Bertz CT molecular complexity index is 367. The van der Waals surface area contributed by atoms with Gasteiger partial charge in [-0.3, -0.25) is 0 Å². The lowest BCUT2D eigenvalue weighted by atomic mass is 9.84. The molecule has 2 bridgehead atoms. The fourth-order valence-electron chi connectivity index (χ4n) is 2.83. The highest BCUT2D eigenvalue weighted by Gasteiger charge is 2.36. The number of aromatic nitrogens is 2. The first kappa shape index (κ1) is 9.66. The van der Waals surface area contributed by atoms with E-state index in [0.29, 0.717) is 6.04 Å². The van der Waals surface area contributed by atoms with Crippen molar-refractivity contribution in [3.8, 4) is 0 Å². The van der Waals surface area contributed by atoms with Gasteiger partial charge in [-0.15, -0.1) is 0 Å². The van der Waals surface area contributed by atoms with Crippen molar-refractivity contribution in [2.75, 3.05) is 25.4 Å². The number of rotatable bonds is 1. The van der Waals surface area contributed by atoms with E-state index in [4.69, 9.17) is 5.73 Å². The van der Waals surface area contributed by atoms with E-state index in [9.17, 15) is 0 Å². The third-order valence-electron chi connectivity index (χ3n) is 3.72. The molecule has 0 aromatic carbocycles. The van der Waals surface area contributed by atoms with Crippen molar-refractivity contribution >= 4 is 21.7 Å². The first-order chi connectivity index (χ1) is 7.25. The predicted octanol–water partition coefficient (Wildman–Crippen LogP) is 1.49. The smallest absolute Gasteiger partial charge is 0.136 e. The molecule has 0 radical (unpaired) electrons. The van der Waals surface area contributed by atoms with E-state index >= 15 is 0 Å². The molecule has 15 heavy (non-hydrogen) atoms. The second-order valence-electron chi connectivity index (χ2n) is 4.53. The van der Waals surface area contributed by atoms with E-state index in [1.807, 2.05) is 4.68 Å². The summed E-state index contributed by atoms with van der Waals surface area (Å²) in [6.45, 7) is 3.62. The molecule has 3 aliphatic heterocycles. The zero-order chi connectivity index (χ0) is 10.4. The molecular weight excluding hydrogens is 256 g/mol. The van der Waals surface area contributed by atoms with Crippen molar-refractivity contribution in [2.45, 2.75) is 18.9 Å². The molecule has 2 N–H and O–H groups in total. The second kappa shape index (κ2) is 3.49. The van der Waals surface area contributed by atoms with E-state index in [-0.39, 0.29) is 0 Å². The number of hydrogen-bond donors (Lipinski definition) is 1. The Morgan fingerprint density at radius 3 is 2.60 bits per heavy atom. The maximum Gasteiger partial charge on any atom is 0.136 e. The van der Waals surface area contributed by atoms with Gasteiger partial charge in [-0.2, -0.15) is 5.10 Å². The predicted molar refractivity (Wildman–Crippen MR) is 62.5 cm³/mol. The number of halogens is 1. The SMILES string of the molecule is Nc1c(Br)cnn1C1CN2CCC1CC2. The molecule has 1 unspecified atom stereocenters. The minimum absolute atomic E-state index is 0.485. The molecule has 0 saturated carbocycles. The summed E-state index contributed by atoms with van der Waals surface area (Å²) in [5, 5.41) is 4.38. The maximum atomic E-state index is 6.00. The topological polar surface area (TPSA) is 47.1 Å². The molecular formula is C10H15BrN4. The van der Waals surface area contributed by atoms with Gasteiger partial charge in [0, 0.05) is 6.54 Å². The minimum atomic E-state index is 0.485. The molecule has 1 aromatic heterocycles. The second-order valence-corrected chi connectivity index (χ2v) is 5.38. The van der Waals surface area contributed by atoms with Crippen LogP contribution < -0.4 is 5.73 Å². The Morgan fingerprint density at radius 2 is 2.13 bits per heavy atom. The summed E-state index contributed by atoms with van der Waals surface area (Å²) in [7, 11) is 0. The van der Waals surface area contributed by atoms with E-state index < -0.39 is 0 Å². The third-order valence-corrected chi connectivity index (χ3v) is 4.33. The fourth-order valence-corrected chi connectivity index (χ4v) is 3.10. The molecule has 0 amide bonds. The summed E-state index contributed by atoms with van der Waals surface area (Å²) in [6, 6.07) is 0.485. The summed E-state index contributed by atoms with van der Waals surface area (Å²) < 4.78 is 2.92. The van der Waals surface area contributed by atoms with Gasteiger partial charge in [-0.1, -0.05) is 0 Å². The van der Waals surface area contributed by atoms with Gasteiger partial charge in [-0.05, 0) is 47.8 Å². The van der Waals surface area contributed by atoms with E-state index in [0.717, 1.165) is 22.8 Å². The van der Waals surface area contributed by atoms with Crippen LogP contribution in [0.25, 0.3) is 0 Å². The van der Waals surface area contributed by atoms with Crippen LogP contribution in [-0.2, 0) is 0 Å². The van der Waals surface area contributed by atoms with Crippen LogP contribution in [0.3, 0.4) is 0 Å². The maximum absolute atomic E-state index is 6.00. The van der Waals surface area contributed by atoms with Crippen molar-refractivity contribution in [2.24, 2.45) is 5.92 Å². The molecule has 4 nitrogen and oxygen atoms in total. The van der Waals surface area contributed by atoms with Crippen molar-refractivity contribution in [1.29, 1.82) is 0 Å². The van der Waals surface area contributed by atoms with Crippen LogP contribution >= 0.6 is 15.9 Å². The average molecular weight is 271 g/mol. The molecule has 82 valence electrons. The molecule has 4 heterocycles. The number of anilines is 1. The number of nitrogens with zero attached hydrogens (tertiary/aromatic N) is 3. The Balaban J connectivity index is 1.91. The van der Waals surface area contributed by atoms with Gasteiger partial charge in [0.05, 0.1) is 16.7 Å². The fraction of sp³-hybridized carbons (Fsp3) is 0.700. The number of piperidine rings is 3. The highest BCUT2D eigenvalue weighted by Crippen LogP contribution is 2.37. The van der Waals surface area contributed by atoms with Gasteiger partial charge in [0.2, 0.25) is 0 Å². The van der Waals surface area contributed by atoms with Gasteiger partial charge in [0.15, 0.2) is 0 Å². The first-order valence-corrected chi connectivity index (χ1v) is 6.26. The summed E-state index contributed by atoms with van der Waals surface area (Å²) in [5.41, 5.74) is 6.00. The minimum Gasteiger partial charge on any atom is -0.383 e. The largest absolute Gasteiger partial charge is 0.383 e. The van der Waals surface area contributed by atoms with Gasteiger partial charge >= 0.3 is 0 Å². The molecule has 0 aliphatic carbocycles. The Labute approximate surface area is 97.5 Å². The lowest BCUT2D eigenvalue weighted by molar-refractivity contribution is 0.0523. The molecule has 1 aromatic rings. The Hall–Kier alpha value is -0.550. The normalized spacial score (nSPS) is 34.6. The molecule has 3 aliphatic rings.